The van der Waals surface area contributed by atoms with Crippen molar-refractivity contribution in [3.63, 3.8) is 0 Å². The molecule has 1 aromatic rings. The van der Waals surface area contributed by atoms with Crippen molar-refractivity contribution < 1.29 is 22.3 Å². The molecular weight excluding hydrogens is 324 g/mol. The van der Waals surface area contributed by atoms with Crippen molar-refractivity contribution in [2.24, 2.45) is 5.92 Å². The van der Waals surface area contributed by atoms with Gasteiger partial charge in [0.05, 0.1) is 0 Å². The lowest BCUT2D eigenvalue weighted by atomic mass is 9.89. The van der Waals surface area contributed by atoms with Crippen LogP contribution in [0.25, 0.3) is 0 Å². The molecular formula is C17H22F4N2O. The minimum absolute atomic E-state index is 0.189. The summed E-state index contributed by atoms with van der Waals surface area (Å²) in [5.41, 5.74) is 0.325. The van der Waals surface area contributed by atoms with Crippen molar-refractivity contribution in [2.75, 3.05) is 26.2 Å². The smallest absolute Gasteiger partial charge is 0.406 e. The lowest BCUT2D eigenvalue weighted by Gasteiger charge is -2.38. The third-order valence-corrected chi connectivity index (χ3v) is 4.91. The molecule has 1 aliphatic carbocycles. The van der Waals surface area contributed by atoms with Crippen LogP contribution in [-0.2, 0) is 0 Å². The van der Waals surface area contributed by atoms with Crippen LogP contribution in [0.3, 0.4) is 0 Å². The van der Waals surface area contributed by atoms with Gasteiger partial charge in [0.15, 0.2) is 0 Å². The van der Waals surface area contributed by atoms with E-state index in [-0.39, 0.29) is 17.7 Å². The first-order chi connectivity index (χ1) is 11.4. The van der Waals surface area contributed by atoms with E-state index in [0.717, 1.165) is 64.0 Å². The summed E-state index contributed by atoms with van der Waals surface area (Å²) >= 11 is 0. The molecule has 0 unspecified atom stereocenters. The Morgan fingerprint density at radius 1 is 1.12 bits per heavy atom. The van der Waals surface area contributed by atoms with E-state index >= 15 is 0 Å². The summed E-state index contributed by atoms with van der Waals surface area (Å²) in [5, 5.41) is 3.26. The van der Waals surface area contributed by atoms with Crippen LogP contribution in [0.5, 0.6) is 5.75 Å². The molecule has 1 heterocycles. The Morgan fingerprint density at radius 2 is 1.79 bits per heavy atom. The number of alkyl halides is 3. The first-order valence-corrected chi connectivity index (χ1v) is 8.44. The molecule has 2 aliphatic rings. The molecule has 0 bridgehead atoms. The van der Waals surface area contributed by atoms with Crippen molar-refractivity contribution in [3.05, 3.63) is 29.6 Å². The topological polar surface area (TPSA) is 24.5 Å². The van der Waals surface area contributed by atoms with Crippen LogP contribution >= 0.6 is 0 Å². The number of piperazine rings is 1. The molecule has 0 radical (unpaired) electrons. The van der Waals surface area contributed by atoms with Gasteiger partial charge in [0, 0.05) is 37.8 Å². The van der Waals surface area contributed by atoms with E-state index in [9.17, 15) is 17.6 Å². The first kappa shape index (κ1) is 17.5. The van der Waals surface area contributed by atoms with E-state index in [1.807, 2.05) is 0 Å². The van der Waals surface area contributed by atoms with Crippen molar-refractivity contribution in [2.45, 2.75) is 38.1 Å². The molecule has 134 valence electrons. The monoisotopic (exact) mass is 346 g/mol. The zero-order chi connectivity index (χ0) is 17.2. The summed E-state index contributed by atoms with van der Waals surface area (Å²) in [5.74, 6) is -0.532. The molecule has 1 aliphatic heterocycles. The van der Waals surface area contributed by atoms with Crippen LogP contribution in [0, 0.1) is 11.7 Å². The fourth-order valence-electron chi connectivity index (χ4n) is 3.93. The molecule has 2 fully saturated rings. The molecule has 0 amide bonds. The fourth-order valence-corrected chi connectivity index (χ4v) is 3.93. The number of benzene rings is 1. The van der Waals surface area contributed by atoms with Gasteiger partial charge < -0.3 is 10.1 Å². The summed E-state index contributed by atoms with van der Waals surface area (Å²) in [6, 6.07) is 3.16. The van der Waals surface area contributed by atoms with Crippen LogP contribution < -0.4 is 10.1 Å². The molecule has 1 aromatic carbocycles. The van der Waals surface area contributed by atoms with E-state index in [1.54, 1.807) is 0 Å². The van der Waals surface area contributed by atoms with E-state index in [4.69, 9.17) is 0 Å². The van der Waals surface area contributed by atoms with Crippen LogP contribution in [0.1, 0.15) is 37.3 Å². The number of hydrogen-bond donors (Lipinski definition) is 1. The highest BCUT2D eigenvalue weighted by Crippen LogP contribution is 2.41. The summed E-state index contributed by atoms with van der Waals surface area (Å²) in [6.07, 6.45) is -0.620. The second-order valence-electron chi connectivity index (χ2n) is 6.51. The number of rotatable bonds is 4. The molecule has 3 nitrogen and oxygen atoms in total. The van der Waals surface area contributed by atoms with E-state index in [0.29, 0.717) is 5.56 Å². The minimum atomic E-state index is -4.77. The normalized spacial score (nSPS) is 21.8. The largest absolute Gasteiger partial charge is 0.573 e. The molecule has 24 heavy (non-hydrogen) atoms. The third-order valence-electron chi connectivity index (χ3n) is 4.91. The Hall–Kier alpha value is -1.34. The fraction of sp³-hybridized carbons (Fsp3) is 0.647. The molecule has 1 atom stereocenters. The van der Waals surface area contributed by atoms with Crippen LogP contribution in [0.2, 0.25) is 0 Å². The van der Waals surface area contributed by atoms with Crippen molar-refractivity contribution in [3.8, 4) is 5.75 Å². The Bertz CT molecular complexity index is 552. The lowest BCUT2D eigenvalue weighted by Crippen LogP contribution is -2.46. The zero-order valence-corrected chi connectivity index (χ0v) is 13.4. The average Bonchev–Trinajstić information content (AvgIpc) is 3.04. The van der Waals surface area contributed by atoms with Gasteiger partial charge >= 0.3 is 6.36 Å². The maximum Gasteiger partial charge on any atom is 0.573 e. The zero-order valence-electron chi connectivity index (χ0n) is 13.4. The Morgan fingerprint density at radius 3 is 2.42 bits per heavy atom. The highest BCUT2D eigenvalue weighted by molar-refractivity contribution is 5.33. The molecule has 7 heteroatoms. The summed E-state index contributed by atoms with van der Waals surface area (Å²) in [6.45, 7) is 3.16. The Kier molecular flexibility index (Phi) is 5.30. The predicted octanol–water partition coefficient (Wildman–Crippen LogP) is 3.86. The Labute approximate surface area is 139 Å². The quantitative estimate of drug-likeness (QED) is 0.838. The minimum Gasteiger partial charge on any atom is -0.406 e. The van der Waals surface area contributed by atoms with E-state index < -0.39 is 12.2 Å². The second-order valence-corrected chi connectivity index (χ2v) is 6.51. The molecule has 0 aromatic heterocycles. The summed E-state index contributed by atoms with van der Waals surface area (Å²) < 4.78 is 56.0. The highest BCUT2D eigenvalue weighted by Gasteiger charge is 2.35. The first-order valence-electron chi connectivity index (χ1n) is 8.44. The van der Waals surface area contributed by atoms with Gasteiger partial charge in [-0.25, -0.2) is 4.39 Å². The number of halogens is 4. The Balaban J connectivity index is 1.91. The van der Waals surface area contributed by atoms with Crippen molar-refractivity contribution in [1.82, 2.24) is 10.2 Å². The summed E-state index contributed by atoms with van der Waals surface area (Å²) in [7, 11) is 0. The van der Waals surface area contributed by atoms with Gasteiger partial charge in [-0.2, -0.15) is 0 Å². The van der Waals surface area contributed by atoms with Crippen LogP contribution in [0.4, 0.5) is 17.6 Å². The second kappa shape index (κ2) is 7.27. The van der Waals surface area contributed by atoms with E-state index in [1.165, 1.54) is 6.07 Å². The van der Waals surface area contributed by atoms with Gasteiger partial charge in [-0.05, 0) is 37.0 Å². The number of nitrogens with zero attached hydrogens (tertiary/aromatic N) is 1. The predicted molar refractivity (Wildman–Crippen MR) is 82.2 cm³/mol. The SMILES string of the molecule is Fc1ccc(OC(F)(F)F)cc1[C@H](C1CCCC1)N1CCNCC1. The molecule has 1 saturated carbocycles. The van der Waals surface area contributed by atoms with Crippen molar-refractivity contribution in [1.29, 1.82) is 0 Å². The average molecular weight is 346 g/mol. The van der Waals surface area contributed by atoms with Gasteiger partial charge in [-0.1, -0.05) is 12.8 Å². The maximum atomic E-state index is 14.5. The van der Waals surface area contributed by atoms with Crippen molar-refractivity contribution >= 4 is 0 Å². The van der Waals surface area contributed by atoms with Crippen LogP contribution in [0.15, 0.2) is 18.2 Å². The molecule has 1 N–H and O–H groups in total. The van der Waals surface area contributed by atoms with Gasteiger partial charge in [-0.15, -0.1) is 13.2 Å². The molecule has 1 saturated heterocycles. The van der Waals surface area contributed by atoms with Gasteiger partial charge in [0.1, 0.15) is 11.6 Å². The van der Waals surface area contributed by atoms with Gasteiger partial charge in [0.25, 0.3) is 0 Å². The maximum absolute atomic E-state index is 14.5. The summed E-state index contributed by atoms with van der Waals surface area (Å²) in [4.78, 5) is 2.20. The standard InChI is InChI=1S/C17H22F4N2O/c18-15-6-5-13(24-17(19,20)21)11-14(15)16(12-3-1-2-4-12)23-9-7-22-8-10-23/h5-6,11-12,16,22H,1-4,7-10H2/t16-/m0/s1. The molecule has 3 rings (SSSR count). The van der Waals surface area contributed by atoms with Gasteiger partial charge in [0.2, 0.25) is 0 Å². The number of nitrogens with one attached hydrogen (secondary N) is 1. The van der Waals surface area contributed by atoms with Crippen LogP contribution in [-0.4, -0.2) is 37.4 Å². The lowest BCUT2D eigenvalue weighted by molar-refractivity contribution is -0.274. The van der Waals surface area contributed by atoms with E-state index in [2.05, 4.69) is 15.0 Å². The molecule has 0 spiro atoms. The highest BCUT2D eigenvalue weighted by atomic mass is 19.4. The number of ether oxygens (including phenoxy) is 1. The number of hydrogen-bond acceptors (Lipinski definition) is 3. The van der Waals surface area contributed by atoms with Gasteiger partial charge in [-0.3, -0.25) is 4.90 Å². The third kappa shape index (κ3) is 4.19.